The molecule has 1 fully saturated rings. The van der Waals surface area contributed by atoms with Crippen molar-refractivity contribution >= 4 is 11.6 Å². The minimum Gasteiger partial charge on any atom is -0.491 e. The third-order valence-electron chi connectivity index (χ3n) is 4.13. The van der Waals surface area contributed by atoms with E-state index in [2.05, 4.69) is 15.5 Å². The van der Waals surface area contributed by atoms with Crippen LogP contribution in [-0.4, -0.2) is 22.7 Å². The van der Waals surface area contributed by atoms with Crippen molar-refractivity contribution in [1.29, 1.82) is 0 Å². The number of hydrogen-bond donors (Lipinski definition) is 1. The maximum Gasteiger partial charge on any atom is 0.247 e. The van der Waals surface area contributed by atoms with Crippen molar-refractivity contribution in [2.45, 2.75) is 19.3 Å². The number of nitrogens with zero attached hydrogens (tertiary/aromatic N) is 2. The molecule has 0 saturated heterocycles. The van der Waals surface area contributed by atoms with Gasteiger partial charge in [-0.05, 0) is 43.0 Å². The Hall–Kier alpha value is -3.15. The second kappa shape index (κ2) is 7.39. The first kappa shape index (κ1) is 16.3. The molecule has 26 heavy (non-hydrogen) atoms. The zero-order valence-corrected chi connectivity index (χ0v) is 14.2. The van der Waals surface area contributed by atoms with Gasteiger partial charge >= 0.3 is 0 Å². The summed E-state index contributed by atoms with van der Waals surface area (Å²) in [6.07, 6.45) is 2.45. The number of nitrogens with one attached hydrogen (secondary N) is 1. The van der Waals surface area contributed by atoms with E-state index < -0.39 is 0 Å². The lowest BCUT2D eigenvalue weighted by Gasteiger charge is -2.11. The van der Waals surface area contributed by atoms with Crippen LogP contribution >= 0.6 is 0 Å². The monoisotopic (exact) mass is 349 g/mol. The lowest BCUT2D eigenvalue weighted by Crippen LogP contribution is -2.15. The van der Waals surface area contributed by atoms with Crippen molar-refractivity contribution in [2.24, 2.45) is 5.92 Å². The molecule has 1 N–H and O–H groups in total. The summed E-state index contributed by atoms with van der Waals surface area (Å²) in [4.78, 5) is 12.3. The van der Waals surface area contributed by atoms with Gasteiger partial charge in [0.15, 0.2) is 0 Å². The van der Waals surface area contributed by atoms with Crippen LogP contribution in [-0.2, 0) is 11.2 Å². The Morgan fingerprint density at radius 2 is 1.85 bits per heavy atom. The third-order valence-corrected chi connectivity index (χ3v) is 4.13. The largest absolute Gasteiger partial charge is 0.491 e. The van der Waals surface area contributed by atoms with Crippen LogP contribution in [0.25, 0.3) is 11.5 Å². The van der Waals surface area contributed by atoms with Gasteiger partial charge in [0, 0.05) is 5.56 Å². The predicted octanol–water partition coefficient (Wildman–Crippen LogP) is 3.71. The van der Waals surface area contributed by atoms with Gasteiger partial charge < -0.3 is 14.5 Å². The van der Waals surface area contributed by atoms with Gasteiger partial charge in [-0.1, -0.05) is 30.3 Å². The van der Waals surface area contributed by atoms with Crippen LogP contribution in [0.15, 0.2) is 59.0 Å². The fraction of sp³-hybridized carbons (Fsp3) is 0.250. The van der Waals surface area contributed by atoms with Crippen molar-refractivity contribution in [3.63, 3.8) is 0 Å². The zero-order chi connectivity index (χ0) is 17.8. The molecule has 1 aromatic heterocycles. The quantitative estimate of drug-likeness (QED) is 0.704. The average Bonchev–Trinajstić information content (AvgIpc) is 3.39. The Morgan fingerprint density at radius 3 is 2.65 bits per heavy atom. The molecule has 132 valence electrons. The molecule has 6 nitrogen and oxygen atoms in total. The number of amides is 1. The number of para-hydroxylation sites is 2. The molecule has 0 aliphatic heterocycles. The molecule has 1 aliphatic rings. The molecule has 3 aromatic rings. The smallest absolute Gasteiger partial charge is 0.247 e. The molecule has 0 bridgehead atoms. The van der Waals surface area contributed by atoms with E-state index in [4.69, 9.17) is 9.15 Å². The van der Waals surface area contributed by atoms with E-state index >= 15 is 0 Å². The molecule has 4 rings (SSSR count). The van der Waals surface area contributed by atoms with Crippen LogP contribution in [0.4, 0.5) is 5.69 Å². The van der Waals surface area contributed by atoms with Crippen molar-refractivity contribution in [1.82, 2.24) is 10.2 Å². The van der Waals surface area contributed by atoms with Gasteiger partial charge in [0.25, 0.3) is 0 Å². The molecule has 2 aromatic carbocycles. The van der Waals surface area contributed by atoms with Crippen LogP contribution in [0.3, 0.4) is 0 Å². The number of hydrogen-bond acceptors (Lipinski definition) is 5. The number of aromatic nitrogens is 2. The summed E-state index contributed by atoms with van der Waals surface area (Å²) >= 11 is 0. The van der Waals surface area contributed by atoms with E-state index in [-0.39, 0.29) is 18.2 Å². The first-order valence-corrected chi connectivity index (χ1v) is 8.67. The van der Waals surface area contributed by atoms with Gasteiger partial charge in [0.1, 0.15) is 12.2 Å². The van der Waals surface area contributed by atoms with E-state index in [1.54, 1.807) is 0 Å². The second-order valence-electron chi connectivity index (χ2n) is 6.34. The lowest BCUT2D eigenvalue weighted by atomic mass is 10.2. The zero-order valence-electron chi connectivity index (χ0n) is 14.2. The van der Waals surface area contributed by atoms with Crippen molar-refractivity contribution in [3.8, 4) is 17.2 Å². The number of anilines is 1. The Labute approximate surface area is 151 Å². The minimum atomic E-state index is -0.226. The summed E-state index contributed by atoms with van der Waals surface area (Å²) < 4.78 is 11.4. The molecule has 1 amide bonds. The van der Waals surface area contributed by atoms with E-state index in [1.807, 2.05) is 54.6 Å². The van der Waals surface area contributed by atoms with Crippen LogP contribution in [0.2, 0.25) is 0 Å². The lowest BCUT2D eigenvalue weighted by molar-refractivity contribution is -0.115. The Bertz CT molecular complexity index is 888. The van der Waals surface area contributed by atoms with E-state index in [0.29, 0.717) is 29.9 Å². The Morgan fingerprint density at radius 1 is 1.08 bits per heavy atom. The Balaban J connectivity index is 1.39. The van der Waals surface area contributed by atoms with Gasteiger partial charge in [0.2, 0.25) is 17.7 Å². The summed E-state index contributed by atoms with van der Waals surface area (Å²) in [5.41, 5.74) is 1.48. The molecule has 1 saturated carbocycles. The van der Waals surface area contributed by atoms with Gasteiger partial charge in [-0.15, -0.1) is 10.2 Å². The molecule has 0 atom stereocenters. The third kappa shape index (κ3) is 4.08. The summed E-state index contributed by atoms with van der Waals surface area (Å²) in [5.74, 6) is 1.78. The molecule has 6 heteroatoms. The molecule has 1 aliphatic carbocycles. The first-order chi connectivity index (χ1) is 12.8. The summed E-state index contributed by atoms with van der Waals surface area (Å²) in [6, 6.07) is 16.9. The average molecular weight is 349 g/mol. The van der Waals surface area contributed by atoms with Gasteiger partial charge in [-0.2, -0.15) is 0 Å². The molecule has 0 unspecified atom stereocenters. The minimum absolute atomic E-state index is 0.0107. The topological polar surface area (TPSA) is 77.2 Å². The number of carbonyl (C=O) groups excluding carboxylic acids is 1. The predicted molar refractivity (Wildman–Crippen MR) is 96.7 cm³/mol. The molecule has 0 spiro atoms. The second-order valence-corrected chi connectivity index (χ2v) is 6.34. The molecule has 1 heterocycles. The van der Waals surface area contributed by atoms with Crippen LogP contribution in [0.5, 0.6) is 5.75 Å². The molecule has 0 radical (unpaired) electrons. The van der Waals surface area contributed by atoms with Crippen molar-refractivity contribution < 1.29 is 13.9 Å². The Kier molecular flexibility index (Phi) is 4.64. The maximum atomic E-state index is 12.3. The molecular weight excluding hydrogens is 330 g/mol. The fourth-order valence-corrected chi connectivity index (χ4v) is 2.54. The van der Waals surface area contributed by atoms with Crippen LogP contribution < -0.4 is 10.1 Å². The highest BCUT2D eigenvalue weighted by Gasteiger charge is 2.22. The summed E-state index contributed by atoms with van der Waals surface area (Å²) in [7, 11) is 0. The van der Waals surface area contributed by atoms with Crippen LogP contribution in [0, 0.1) is 5.92 Å². The SMILES string of the molecule is O=C(Cc1nnc(-c2ccccc2)o1)Nc1ccccc1OCC1CC1. The van der Waals surface area contributed by atoms with Gasteiger partial charge in [-0.25, -0.2) is 0 Å². The van der Waals surface area contributed by atoms with Gasteiger partial charge in [-0.3, -0.25) is 4.79 Å². The van der Waals surface area contributed by atoms with Crippen LogP contribution in [0.1, 0.15) is 18.7 Å². The number of benzene rings is 2. The standard InChI is InChI=1S/C20H19N3O3/c24-18(12-19-22-23-20(26-19)15-6-2-1-3-7-15)21-16-8-4-5-9-17(16)25-13-14-10-11-14/h1-9,14H,10-13H2,(H,21,24). The van der Waals surface area contributed by atoms with E-state index in [9.17, 15) is 4.79 Å². The van der Waals surface area contributed by atoms with E-state index in [1.165, 1.54) is 12.8 Å². The normalized spacial score (nSPS) is 13.4. The highest BCUT2D eigenvalue weighted by atomic mass is 16.5. The highest BCUT2D eigenvalue weighted by Crippen LogP contribution is 2.31. The molecular formula is C20H19N3O3. The number of ether oxygens (including phenoxy) is 1. The number of carbonyl (C=O) groups is 1. The first-order valence-electron chi connectivity index (χ1n) is 8.67. The van der Waals surface area contributed by atoms with E-state index in [0.717, 1.165) is 5.56 Å². The highest BCUT2D eigenvalue weighted by molar-refractivity contribution is 5.93. The van der Waals surface area contributed by atoms with Gasteiger partial charge in [0.05, 0.1) is 12.3 Å². The van der Waals surface area contributed by atoms with Crippen molar-refractivity contribution in [3.05, 3.63) is 60.5 Å². The fourth-order valence-electron chi connectivity index (χ4n) is 2.54. The number of rotatable bonds is 7. The summed E-state index contributed by atoms with van der Waals surface area (Å²) in [5, 5.41) is 10.8. The maximum absolute atomic E-state index is 12.3. The summed E-state index contributed by atoms with van der Waals surface area (Å²) in [6.45, 7) is 0.691. The van der Waals surface area contributed by atoms with Crippen molar-refractivity contribution in [2.75, 3.05) is 11.9 Å².